The van der Waals surface area contributed by atoms with E-state index >= 15 is 4.39 Å². The lowest BCUT2D eigenvalue weighted by Gasteiger charge is -2.47. The predicted octanol–water partition coefficient (Wildman–Crippen LogP) is 6.95. The van der Waals surface area contributed by atoms with Crippen LogP contribution in [0.15, 0.2) is 53.9 Å². The number of hydrogen-bond acceptors (Lipinski definition) is 5. The largest absolute Gasteiger partial charge is 0.511 e. The molecule has 6 rings (SSSR count). The van der Waals surface area contributed by atoms with Gasteiger partial charge < -0.3 is 5.11 Å². The average Bonchev–Trinajstić information content (AvgIpc) is 3.74. The first-order chi connectivity index (χ1) is 17.5. The molecule has 2 aromatic heterocycles. The van der Waals surface area contributed by atoms with Crippen molar-refractivity contribution in [3.05, 3.63) is 76.7 Å². The Morgan fingerprint density at radius 1 is 1.17 bits per heavy atom. The van der Waals surface area contributed by atoms with Gasteiger partial charge in [0.2, 0.25) is 0 Å². The van der Waals surface area contributed by atoms with Gasteiger partial charge in [-0.15, -0.1) is 0 Å². The van der Waals surface area contributed by atoms with E-state index in [-0.39, 0.29) is 22.9 Å². The number of benzene rings is 1. The molecule has 5 nitrogen and oxygen atoms in total. The number of pyridine rings is 1. The number of allylic oxidation sites excluding steroid dienone is 2. The molecular formula is C30H29FN4O. The normalized spacial score (nSPS) is 23.1. The lowest BCUT2D eigenvalue weighted by Crippen LogP contribution is -2.44. The molecule has 2 heterocycles. The molecule has 0 spiro atoms. The summed E-state index contributed by atoms with van der Waals surface area (Å²) in [6.45, 7) is 2.15. The van der Waals surface area contributed by atoms with E-state index < -0.39 is 0 Å². The summed E-state index contributed by atoms with van der Waals surface area (Å²) in [6, 6.07) is 13.0. The SMILES string of the molecule is CCC[C@@]12CC(C#N)=C(O)C[C@H]1CCc1c(-c3ccccc3F)nc(-c3ccnc(C4CC4)c3)nc12. The fraction of sp³-hybridized carbons (Fsp3) is 0.400. The van der Waals surface area contributed by atoms with Crippen molar-refractivity contribution in [2.45, 2.75) is 69.6 Å². The van der Waals surface area contributed by atoms with Crippen molar-refractivity contribution in [3.8, 4) is 28.7 Å². The fourth-order valence-corrected chi connectivity index (χ4v) is 6.38. The molecule has 36 heavy (non-hydrogen) atoms. The standard InChI is InChI=1S/C30H29FN4O/c1-2-12-30-16-20(17-32)26(36)15-21(30)9-10-23-27(22-5-3-4-6-24(22)31)34-29(35-28(23)30)19-11-13-33-25(14-19)18-7-8-18/h3-6,11,13-14,18,21,36H,2,7-10,12,15-16H2,1H3/t21-,30-/m1/s1. The minimum Gasteiger partial charge on any atom is -0.511 e. The molecule has 3 aliphatic rings. The van der Waals surface area contributed by atoms with E-state index in [2.05, 4.69) is 24.0 Å². The van der Waals surface area contributed by atoms with Gasteiger partial charge in [0, 0.05) is 46.3 Å². The first kappa shape index (κ1) is 22.8. The smallest absolute Gasteiger partial charge is 0.160 e. The van der Waals surface area contributed by atoms with Crippen molar-refractivity contribution in [2.75, 3.05) is 0 Å². The molecule has 6 heteroatoms. The highest BCUT2D eigenvalue weighted by atomic mass is 19.1. The first-order valence-corrected chi connectivity index (χ1v) is 13.0. The van der Waals surface area contributed by atoms with Crippen molar-refractivity contribution in [2.24, 2.45) is 5.92 Å². The molecule has 1 fully saturated rings. The van der Waals surface area contributed by atoms with Crippen LogP contribution in [0, 0.1) is 23.1 Å². The molecule has 0 aliphatic heterocycles. The van der Waals surface area contributed by atoms with Crippen LogP contribution in [0.4, 0.5) is 4.39 Å². The summed E-state index contributed by atoms with van der Waals surface area (Å²) < 4.78 is 15.1. The Morgan fingerprint density at radius 3 is 2.75 bits per heavy atom. The molecule has 1 saturated carbocycles. The van der Waals surface area contributed by atoms with Gasteiger partial charge in [0.25, 0.3) is 0 Å². The second kappa shape index (κ2) is 8.81. The van der Waals surface area contributed by atoms with Gasteiger partial charge in [0.1, 0.15) is 11.6 Å². The molecule has 0 unspecified atom stereocenters. The number of halogens is 1. The van der Waals surface area contributed by atoms with Crippen LogP contribution in [0.2, 0.25) is 0 Å². The zero-order valence-electron chi connectivity index (χ0n) is 20.5. The highest BCUT2D eigenvalue weighted by Gasteiger charge is 2.49. The number of aliphatic hydroxyl groups is 1. The topological polar surface area (TPSA) is 82.7 Å². The lowest BCUT2D eigenvalue weighted by molar-refractivity contribution is 0.164. The average molecular weight is 481 g/mol. The minimum absolute atomic E-state index is 0.178. The van der Waals surface area contributed by atoms with Gasteiger partial charge in [-0.3, -0.25) is 4.98 Å². The molecule has 0 radical (unpaired) electrons. The highest BCUT2D eigenvalue weighted by Crippen LogP contribution is 2.54. The van der Waals surface area contributed by atoms with E-state index in [4.69, 9.17) is 9.97 Å². The van der Waals surface area contributed by atoms with E-state index in [1.807, 2.05) is 18.3 Å². The third-order valence-electron chi connectivity index (χ3n) is 8.28. The third-order valence-corrected chi connectivity index (χ3v) is 8.28. The van der Waals surface area contributed by atoms with Crippen LogP contribution in [0.25, 0.3) is 22.6 Å². The number of hydrogen-bond donors (Lipinski definition) is 1. The number of aliphatic hydroxyl groups excluding tert-OH is 1. The van der Waals surface area contributed by atoms with Gasteiger partial charge in [-0.25, -0.2) is 14.4 Å². The van der Waals surface area contributed by atoms with Crippen LogP contribution >= 0.6 is 0 Å². The Hall–Kier alpha value is -3.59. The number of nitriles is 1. The molecule has 3 aromatic rings. The van der Waals surface area contributed by atoms with Crippen LogP contribution in [-0.2, 0) is 11.8 Å². The maximum absolute atomic E-state index is 15.1. The van der Waals surface area contributed by atoms with E-state index in [1.54, 1.807) is 12.1 Å². The van der Waals surface area contributed by atoms with Crippen LogP contribution < -0.4 is 0 Å². The summed E-state index contributed by atoms with van der Waals surface area (Å²) >= 11 is 0. The van der Waals surface area contributed by atoms with Crippen molar-refractivity contribution >= 4 is 0 Å². The van der Waals surface area contributed by atoms with Gasteiger partial charge in [-0.05, 0) is 68.7 Å². The summed E-state index contributed by atoms with van der Waals surface area (Å²) in [7, 11) is 0. The van der Waals surface area contributed by atoms with Gasteiger partial charge in [-0.2, -0.15) is 5.26 Å². The van der Waals surface area contributed by atoms with Crippen molar-refractivity contribution in [3.63, 3.8) is 0 Å². The van der Waals surface area contributed by atoms with Crippen LogP contribution in [-0.4, -0.2) is 20.1 Å². The molecule has 2 atom stereocenters. The summed E-state index contributed by atoms with van der Waals surface area (Å²) in [4.78, 5) is 14.8. The Balaban J connectivity index is 1.61. The summed E-state index contributed by atoms with van der Waals surface area (Å²) in [6.07, 6.45) is 8.38. The van der Waals surface area contributed by atoms with Crippen molar-refractivity contribution in [1.29, 1.82) is 5.26 Å². The minimum atomic E-state index is -0.385. The molecule has 0 amide bonds. The lowest BCUT2D eigenvalue weighted by atomic mass is 9.57. The molecule has 182 valence electrons. The number of nitrogens with zero attached hydrogens (tertiary/aromatic N) is 4. The van der Waals surface area contributed by atoms with Gasteiger partial charge in [0.15, 0.2) is 5.82 Å². The van der Waals surface area contributed by atoms with E-state index in [0.717, 1.165) is 54.6 Å². The quantitative estimate of drug-likeness (QED) is 0.427. The van der Waals surface area contributed by atoms with E-state index in [9.17, 15) is 10.4 Å². The second-order valence-electron chi connectivity index (χ2n) is 10.5. The molecule has 0 bridgehead atoms. The highest BCUT2D eigenvalue weighted by molar-refractivity contribution is 5.70. The van der Waals surface area contributed by atoms with Crippen molar-refractivity contribution in [1.82, 2.24) is 15.0 Å². The summed E-state index contributed by atoms with van der Waals surface area (Å²) in [5.74, 6) is 1.16. The molecule has 1 N–H and O–H groups in total. The Morgan fingerprint density at radius 2 is 2.00 bits per heavy atom. The Labute approximate surface area is 210 Å². The maximum atomic E-state index is 15.1. The Kier molecular flexibility index (Phi) is 5.59. The maximum Gasteiger partial charge on any atom is 0.160 e. The summed E-state index contributed by atoms with van der Waals surface area (Å²) in [5, 5.41) is 20.4. The van der Waals surface area contributed by atoms with E-state index in [1.165, 1.54) is 6.07 Å². The molecule has 3 aliphatic carbocycles. The number of aromatic nitrogens is 3. The number of rotatable bonds is 5. The fourth-order valence-electron chi connectivity index (χ4n) is 6.38. The predicted molar refractivity (Wildman–Crippen MR) is 136 cm³/mol. The third kappa shape index (κ3) is 3.69. The Bertz CT molecular complexity index is 1420. The molecule has 1 aromatic carbocycles. The molecule has 0 saturated heterocycles. The van der Waals surface area contributed by atoms with Crippen LogP contribution in [0.1, 0.15) is 74.7 Å². The van der Waals surface area contributed by atoms with Crippen LogP contribution in [0.3, 0.4) is 0 Å². The zero-order valence-corrected chi connectivity index (χ0v) is 20.5. The van der Waals surface area contributed by atoms with Gasteiger partial charge in [0.05, 0.1) is 23.0 Å². The monoisotopic (exact) mass is 480 g/mol. The molecular weight excluding hydrogens is 451 g/mol. The van der Waals surface area contributed by atoms with Crippen LogP contribution in [0.5, 0.6) is 0 Å². The zero-order chi connectivity index (χ0) is 24.9. The summed E-state index contributed by atoms with van der Waals surface area (Å²) in [5.41, 5.74) is 5.02. The van der Waals surface area contributed by atoms with Gasteiger partial charge in [-0.1, -0.05) is 25.5 Å². The first-order valence-electron chi connectivity index (χ1n) is 13.0. The second-order valence-corrected chi connectivity index (χ2v) is 10.5. The van der Waals surface area contributed by atoms with E-state index in [0.29, 0.717) is 47.8 Å². The van der Waals surface area contributed by atoms with Crippen molar-refractivity contribution < 1.29 is 9.50 Å². The van der Waals surface area contributed by atoms with Gasteiger partial charge >= 0.3 is 0 Å². The number of fused-ring (bicyclic) bond motifs is 3.